The molecule has 0 unspecified atom stereocenters. The summed E-state index contributed by atoms with van der Waals surface area (Å²) in [6.45, 7) is 3.79. The lowest BCUT2D eigenvalue weighted by Gasteiger charge is -2.25. The van der Waals surface area contributed by atoms with Crippen LogP contribution in [0.15, 0.2) is 69.8 Å². The third-order valence-electron chi connectivity index (χ3n) is 5.25. The van der Waals surface area contributed by atoms with Crippen LogP contribution in [0.1, 0.15) is 31.0 Å². The van der Waals surface area contributed by atoms with E-state index in [-0.39, 0.29) is 12.2 Å². The molecule has 0 spiro atoms. The summed E-state index contributed by atoms with van der Waals surface area (Å²) < 4.78 is 7.47. The molecule has 0 radical (unpaired) electrons. The highest BCUT2D eigenvalue weighted by molar-refractivity contribution is 7.07. The molecule has 0 fully saturated rings. The molecule has 8 heteroatoms. The molecule has 164 valence electrons. The minimum Gasteiger partial charge on any atom is -0.463 e. The van der Waals surface area contributed by atoms with Gasteiger partial charge in [-0.3, -0.25) is 14.3 Å². The van der Waals surface area contributed by atoms with Crippen LogP contribution in [-0.4, -0.2) is 36.2 Å². The Morgan fingerprint density at radius 1 is 1.19 bits per heavy atom. The van der Waals surface area contributed by atoms with Crippen LogP contribution in [-0.2, 0) is 9.53 Å². The maximum absolute atomic E-state index is 13.5. The molecule has 1 atom stereocenters. The SMILES string of the molecule is CCOC(=O)C1=C(C)N=c2s/c(=C\c3ccncc3)c(=O)n2[C@@H]1c1ccc(N(C)C)cc1. The molecule has 7 nitrogen and oxygen atoms in total. The second kappa shape index (κ2) is 8.92. The molecule has 0 N–H and O–H groups in total. The number of benzene rings is 1. The van der Waals surface area contributed by atoms with Crippen LogP contribution in [0.4, 0.5) is 5.69 Å². The molecule has 3 heterocycles. The predicted octanol–water partition coefficient (Wildman–Crippen LogP) is 2.26. The van der Waals surface area contributed by atoms with Crippen molar-refractivity contribution in [2.24, 2.45) is 4.99 Å². The van der Waals surface area contributed by atoms with Crippen LogP contribution in [0.3, 0.4) is 0 Å². The molecule has 1 aliphatic rings. The molecular weight excluding hydrogens is 424 g/mol. The Labute approximate surface area is 189 Å². The minimum atomic E-state index is -0.610. The van der Waals surface area contributed by atoms with Crippen LogP contribution < -0.4 is 19.8 Å². The van der Waals surface area contributed by atoms with Gasteiger partial charge in [0.25, 0.3) is 5.56 Å². The van der Waals surface area contributed by atoms with Crippen molar-refractivity contribution in [1.29, 1.82) is 0 Å². The van der Waals surface area contributed by atoms with Gasteiger partial charge in [-0.05, 0) is 55.3 Å². The number of rotatable bonds is 5. The number of aromatic nitrogens is 2. The van der Waals surface area contributed by atoms with Crippen LogP contribution in [0.5, 0.6) is 0 Å². The van der Waals surface area contributed by atoms with Gasteiger partial charge in [0.1, 0.15) is 0 Å². The number of thiazole rings is 1. The third-order valence-corrected chi connectivity index (χ3v) is 6.23. The summed E-state index contributed by atoms with van der Waals surface area (Å²) in [5, 5.41) is 0. The largest absolute Gasteiger partial charge is 0.463 e. The summed E-state index contributed by atoms with van der Waals surface area (Å²) in [5.74, 6) is -0.459. The van der Waals surface area contributed by atoms with E-state index in [0.29, 0.717) is 20.6 Å². The van der Waals surface area contributed by atoms with Crippen LogP contribution in [0, 0.1) is 0 Å². The zero-order valence-electron chi connectivity index (χ0n) is 18.4. The van der Waals surface area contributed by atoms with Crippen molar-refractivity contribution in [3.63, 3.8) is 0 Å². The van der Waals surface area contributed by atoms with Crippen molar-refractivity contribution in [2.45, 2.75) is 19.9 Å². The average molecular weight is 449 g/mol. The van der Waals surface area contributed by atoms with Gasteiger partial charge in [0.05, 0.1) is 28.5 Å². The van der Waals surface area contributed by atoms with Gasteiger partial charge < -0.3 is 9.64 Å². The summed E-state index contributed by atoms with van der Waals surface area (Å²) in [6.07, 6.45) is 5.18. The molecule has 32 heavy (non-hydrogen) atoms. The fourth-order valence-corrected chi connectivity index (χ4v) is 4.72. The second-order valence-corrected chi connectivity index (χ2v) is 8.58. The van der Waals surface area contributed by atoms with Crippen molar-refractivity contribution in [3.8, 4) is 0 Å². The van der Waals surface area contributed by atoms with Crippen molar-refractivity contribution < 1.29 is 9.53 Å². The first-order chi connectivity index (χ1) is 15.4. The molecule has 0 saturated carbocycles. The highest BCUT2D eigenvalue weighted by atomic mass is 32.1. The molecule has 1 aromatic carbocycles. The lowest BCUT2D eigenvalue weighted by atomic mass is 9.95. The van der Waals surface area contributed by atoms with Crippen molar-refractivity contribution >= 4 is 29.1 Å². The smallest absolute Gasteiger partial charge is 0.338 e. The van der Waals surface area contributed by atoms with Crippen LogP contribution in [0.25, 0.3) is 6.08 Å². The number of carbonyl (C=O) groups is 1. The van der Waals surface area contributed by atoms with Gasteiger partial charge in [-0.15, -0.1) is 0 Å². The first-order valence-corrected chi connectivity index (χ1v) is 11.1. The molecule has 0 bridgehead atoms. The number of allylic oxidation sites excluding steroid dienone is 1. The first kappa shape index (κ1) is 21.7. The van der Waals surface area contributed by atoms with Gasteiger partial charge in [0.15, 0.2) is 4.80 Å². The highest BCUT2D eigenvalue weighted by Gasteiger charge is 2.33. The molecule has 2 aromatic heterocycles. The molecule has 0 aliphatic carbocycles. The van der Waals surface area contributed by atoms with Crippen molar-refractivity contribution in [3.05, 3.63) is 90.9 Å². The van der Waals surface area contributed by atoms with E-state index in [9.17, 15) is 9.59 Å². The fourth-order valence-electron chi connectivity index (χ4n) is 3.67. The Morgan fingerprint density at radius 2 is 1.88 bits per heavy atom. The van der Waals surface area contributed by atoms with Gasteiger partial charge in [-0.25, -0.2) is 9.79 Å². The Bertz CT molecular complexity index is 1350. The highest BCUT2D eigenvalue weighted by Crippen LogP contribution is 2.31. The Kier molecular flexibility index (Phi) is 6.05. The number of ether oxygens (including phenoxy) is 1. The third kappa shape index (κ3) is 4.01. The number of carbonyl (C=O) groups excluding carboxylic acids is 1. The van der Waals surface area contributed by atoms with E-state index in [4.69, 9.17) is 4.74 Å². The Morgan fingerprint density at radius 3 is 2.50 bits per heavy atom. The lowest BCUT2D eigenvalue weighted by molar-refractivity contribution is -0.139. The maximum Gasteiger partial charge on any atom is 0.338 e. The van der Waals surface area contributed by atoms with E-state index >= 15 is 0 Å². The van der Waals surface area contributed by atoms with Crippen molar-refractivity contribution in [1.82, 2.24) is 9.55 Å². The number of esters is 1. The van der Waals surface area contributed by atoms with E-state index < -0.39 is 12.0 Å². The number of hydrogen-bond acceptors (Lipinski definition) is 7. The van der Waals surface area contributed by atoms with E-state index in [1.165, 1.54) is 11.3 Å². The van der Waals surface area contributed by atoms with E-state index in [2.05, 4.69) is 9.98 Å². The van der Waals surface area contributed by atoms with Gasteiger partial charge >= 0.3 is 5.97 Å². The van der Waals surface area contributed by atoms with E-state index in [1.807, 2.05) is 61.5 Å². The van der Waals surface area contributed by atoms with E-state index in [0.717, 1.165) is 16.8 Å². The Hall–Kier alpha value is -3.52. The number of anilines is 1. The van der Waals surface area contributed by atoms with Gasteiger partial charge in [-0.1, -0.05) is 23.5 Å². The zero-order chi connectivity index (χ0) is 22.8. The number of nitrogens with zero attached hydrogens (tertiary/aromatic N) is 4. The standard InChI is InChI=1S/C24H24N4O3S/c1-5-31-23(30)20-15(2)26-24-28(21(20)17-6-8-18(9-7-17)27(3)4)22(29)19(32-24)14-16-10-12-25-13-11-16/h6-14,21H,5H2,1-4H3/b19-14-/t21-/m1/s1. The average Bonchev–Trinajstić information content (AvgIpc) is 3.08. The molecule has 3 aromatic rings. The summed E-state index contributed by atoms with van der Waals surface area (Å²) in [6, 6.07) is 10.9. The first-order valence-electron chi connectivity index (χ1n) is 10.3. The molecule has 4 rings (SSSR count). The van der Waals surface area contributed by atoms with Crippen molar-refractivity contribution in [2.75, 3.05) is 25.6 Å². The maximum atomic E-state index is 13.5. The van der Waals surface area contributed by atoms with Crippen LogP contribution >= 0.6 is 11.3 Å². The Balaban J connectivity index is 1.94. The summed E-state index contributed by atoms with van der Waals surface area (Å²) in [4.78, 5) is 37.6. The summed E-state index contributed by atoms with van der Waals surface area (Å²) in [7, 11) is 3.93. The molecule has 1 aliphatic heterocycles. The van der Waals surface area contributed by atoms with Crippen LogP contribution in [0.2, 0.25) is 0 Å². The van der Waals surface area contributed by atoms with Gasteiger partial charge in [-0.2, -0.15) is 0 Å². The molecule has 0 amide bonds. The summed E-state index contributed by atoms with van der Waals surface area (Å²) >= 11 is 1.31. The normalized spacial score (nSPS) is 15.9. The zero-order valence-corrected chi connectivity index (χ0v) is 19.2. The topological polar surface area (TPSA) is 76.8 Å². The van der Waals surface area contributed by atoms with Gasteiger partial charge in [0, 0.05) is 32.2 Å². The number of fused-ring (bicyclic) bond motifs is 1. The summed E-state index contributed by atoms with van der Waals surface area (Å²) in [5.41, 5.74) is 3.47. The number of hydrogen-bond donors (Lipinski definition) is 0. The lowest BCUT2D eigenvalue weighted by Crippen LogP contribution is -2.39. The second-order valence-electron chi connectivity index (χ2n) is 7.57. The number of pyridine rings is 1. The monoisotopic (exact) mass is 448 g/mol. The van der Waals surface area contributed by atoms with Gasteiger partial charge in [0.2, 0.25) is 0 Å². The molecule has 0 saturated heterocycles. The molecular formula is C24H24N4O3S. The quantitative estimate of drug-likeness (QED) is 0.560. The predicted molar refractivity (Wildman–Crippen MR) is 125 cm³/mol. The fraction of sp³-hybridized carbons (Fsp3) is 0.250. The van der Waals surface area contributed by atoms with E-state index in [1.54, 1.807) is 30.8 Å². The minimum absolute atomic E-state index is 0.193.